The zero-order valence-electron chi connectivity index (χ0n) is 10.3. The molecular formula is C11H17N5O. The molecule has 0 aliphatic rings. The number of ether oxygens (including phenoxy) is 1. The van der Waals surface area contributed by atoms with Crippen molar-refractivity contribution in [1.82, 2.24) is 19.6 Å². The number of fused-ring (bicyclic) bond motifs is 1. The first-order valence-electron chi connectivity index (χ1n) is 5.73. The number of aryl methyl sites for hydroxylation is 1. The third-order valence-electron chi connectivity index (χ3n) is 2.40. The average Bonchev–Trinajstić information content (AvgIpc) is 2.74. The summed E-state index contributed by atoms with van der Waals surface area (Å²) in [5, 5.41) is 7.42. The summed E-state index contributed by atoms with van der Waals surface area (Å²) >= 11 is 0. The Labute approximate surface area is 100 Å². The van der Waals surface area contributed by atoms with Gasteiger partial charge in [0.15, 0.2) is 0 Å². The Morgan fingerprint density at radius 1 is 1.53 bits per heavy atom. The molecule has 0 spiro atoms. The Morgan fingerprint density at radius 3 is 3.12 bits per heavy atom. The molecule has 2 aromatic heterocycles. The van der Waals surface area contributed by atoms with Gasteiger partial charge >= 0.3 is 0 Å². The first-order chi connectivity index (χ1) is 8.20. The molecule has 2 rings (SSSR count). The van der Waals surface area contributed by atoms with E-state index >= 15 is 0 Å². The number of anilines is 1. The topological polar surface area (TPSA) is 64.3 Å². The third-order valence-corrected chi connectivity index (χ3v) is 2.40. The highest BCUT2D eigenvalue weighted by Gasteiger charge is 2.06. The van der Waals surface area contributed by atoms with Crippen molar-refractivity contribution in [1.29, 1.82) is 0 Å². The maximum atomic E-state index is 5.46. The molecule has 0 saturated heterocycles. The minimum Gasteiger partial charge on any atom is -0.377 e. The van der Waals surface area contributed by atoms with Crippen molar-refractivity contribution in [3.63, 3.8) is 0 Å². The minimum atomic E-state index is 0.159. The van der Waals surface area contributed by atoms with Crippen molar-refractivity contribution in [2.45, 2.75) is 26.9 Å². The zero-order chi connectivity index (χ0) is 12.3. The molecule has 1 unspecified atom stereocenters. The smallest absolute Gasteiger partial charge is 0.254 e. The summed E-state index contributed by atoms with van der Waals surface area (Å²) in [6, 6.07) is 1.94. The minimum absolute atomic E-state index is 0.159. The molecule has 1 N–H and O–H groups in total. The van der Waals surface area contributed by atoms with Crippen LogP contribution >= 0.6 is 0 Å². The molecule has 0 bridgehead atoms. The van der Waals surface area contributed by atoms with Crippen LogP contribution < -0.4 is 5.32 Å². The van der Waals surface area contributed by atoms with Crippen LogP contribution in [0.15, 0.2) is 12.4 Å². The van der Waals surface area contributed by atoms with Gasteiger partial charge in [0.05, 0.1) is 6.10 Å². The second-order valence-corrected chi connectivity index (χ2v) is 3.90. The summed E-state index contributed by atoms with van der Waals surface area (Å²) in [5.74, 6) is 1.49. The summed E-state index contributed by atoms with van der Waals surface area (Å²) in [6.07, 6.45) is 1.66. The van der Waals surface area contributed by atoms with Crippen LogP contribution in [0.5, 0.6) is 0 Å². The first kappa shape index (κ1) is 11.8. The van der Waals surface area contributed by atoms with Crippen LogP contribution in [0.3, 0.4) is 0 Å². The number of rotatable bonds is 5. The lowest BCUT2D eigenvalue weighted by molar-refractivity contribution is 0.0854. The number of hydrogen-bond donors (Lipinski definition) is 1. The van der Waals surface area contributed by atoms with E-state index in [0.29, 0.717) is 5.78 Å². The molecule has 1 atom stereocenters. The molecule has 0 aliphatic heterocycles. The van der Waals surface area contributed by atoms with Crippen molar-refractivity contribution >= 4 is 11.6 Å². The Balaban J connectivity index is 2.14. The van der Waals surface area contributed by atoms with Gasteiger partial charge in [0.25, 0.3) is 5.78 Å². The quantitative estimate of drug-likeness (QED) is 0.845. The predicted octanol–water partition coefficient (Wildman–Crippen LogP) is 1.27. The van der Waals surface area contributed by atoms with Crippen molar-refractivity contribution in [2.24, 2.45) is 0 Å². The number of hydrogen-bond acceptors (Lipinski definition) is 5. The maximum Gasteiger partial charge on any atom is 0.254 e. The lowest BCUT2D eigenvalue weighted by Crippen LogP contribution is -2.21. The fourth-order valence-electron chi connectivity index (χ4n) is 1.65. The van der Waals surface area contributed by atoms with E-state index in [0.717, 1.165) is 24.7 Å². The zero-order valence-corrected chi connectivity index (χ0v) is 10.3. The van der Waals surface area contributed by atoms with Gasteiger partial charge < -0.3 is 10.1 Å². The van der Waals surface area contributed by atoms with Gasteiger partial charge in [-0.15, -0.1) is 0 Å². The Hall–Kier alpha value is -1.69. The second kappa shape index (κ2) is 5.09. The van der Waals surface area contributed by atoms with Crippen LogP contribution in [0.4, 0.5) is 5.82 Å². The van der Waals surface area contributed by atoms with E-state index in [2.05, 4.69) is 20.4 Å². The normalized spacial score (nSPS) is 12.9. The molecular weight excluding hydrogens is 218 g/mol. The lowest BCUT2D eigenvalue weighted by atomic mass is 10.3. The molecule has 0 fully saturated rings. The van der Waals surface area contributed by atoms with Crippen molar-refractivity contribution in [3.8, 4) is 0 Å². The summed E-state index contributed by atoms with van der Waals surface area (Å²) < 4.78 is 7.15. The average molecular weight is 235 g/mol. The molecule has 0 amide bonds. The lowest BCUT2D eigenvalue weighted by Gasteiger charge is -2.14. The summed E-state index contributed by atoms with van der Waals surface area (Å²) in [5.41, 5.74) is 0.914. The van der Waals surface area contributed by atoms with E-state index in [1.807, 2.05) is 26.8 Å². The molecule has 0 aromatic carbocycles. The molecule has 0 saturated carbocycles. The van der Waals surface area contributed by atoms with Gasteiger partial charge in [-0.25, -0.2) is 4.98 Å². The summed E-state index contributed by atoms with van der Waals surface area (Å²) in [4.78, 5) is 8.35. The van der Waals surface area contributed by atoms with Crippen LogP contribution in [0.2, 0.25) is 0 Å². The molecule has 2 aromatic rings. The van der Waals surface area contributed by atoms with Crippen LogP contribution in [0, 0.1) is 6.92 Å². The molecule has 0 radical (unpaired) electrons. The molecule has 6 heteroatoms. The van der Waals surface area contributed by atoms with Gasteiger partial charge in [0.2, 0.25) is 0 Å². The summed E-state index contributed by atoms with van der Waals surface area (Å²) in [6.45, 7) is 7.40. The van der Waals surface area contributed by atoms with Crippen LogP contribution in [-0.2, 0) is 4.74 Å². The highest BCUT2D eigenvalue weighted by Crippen LogP contribution is 2.10. The van der Waals surface area contributed by atoms with E-state index in [1.165, 1.54) is 6.33 Å². The number of nitrogens with zero attached hydrogens (tertiary/aromatic N) is 4. The second-order valence-electron chi connectivity index (χ2n) is 3.90. The fraction of sp³-hybridized carbons (Fsp3) is 0.545. The molecule has 6 nitrogen and oxygen atoms in total. The highest BCUT2D eigenvalue weighted by molar-refractivity contribution is 5.44. The molecule has 0 aliphatic carbocycles. The van der Waals surface area contributed by atoms with Gasteiger partial charge in [-0.1, -0.05) is 0 Å². The summed E-state index contributed by atoms with van der Waals surface area (Å²) in [7, 11) is 0. The Bertz CT molecular complexity index is 496. The first-order valence-corrected chi connectivity index (χ1v) is 5.73. The Morgan fingerprint density at radius 2 is 2.35 bits per heavy atom. The van der Waals surface area contributed by atoms with E-state index in [1.54, 1.807) is 4.52 Å². The highest BCUT2D eigenvalue weighted by atomic mass is 16.5. The van der Waals surface area contributed by atoms with Crippen LogP contribution in [-0.4, -0.2) is 38.8 Å². The van der Waals surface area contributed by atoms with E-state index in [9.17, 15) is 0 Å². The van der Waals surface area contributed by atoms with Gasteiger partial charge in [0.1, 0.15) is 12.1 Å². The van der Waals surface area contributed by atoms with E-state index < -0.39 is 0 Å². The molecule has 17 heavy (non-hydrogen) atoms. The van der Waals surface area contributed by atoms with Gasteiger partial charge in [-0.3, -0.25) is 0 Å². The number of nitrogens with one attached hydrogen (secondary N) is 1. The standard InChI is InChI=1S/C11H17N5O/c1-4-17-9(3)6-12-10-5-8(2)15-11-13-7-14-16(10)11/h5,7,9,12H,4,6H2,1-3H3. The third kappa shape index (κ3) is 2.71. The van der Waals surface area contributed by atoms with Gasteiger partial charge in [-0.05, 0) is 20.8 Å². The van der Waals surface area contributed by atoms with Crippen molar-refractivity contribution in [3.05, 3.63) is 18.1 Å². The fourth-order valence-corrected chi connectivity index (χ4v) is 1.65. The number of aromatic nitrogens is 4. The van der Waals surface area contributed by atoms with Crippen LogP contribution in [0.25, 0.3) is 5.78 Å². The van der Waals surface area contributed by atoms with E-state index in [4.69, 9.17) is 4.74 Å². The largest absolute Gasteiger partial charge is 0.377 e. The van der Waals surface area contributed by atoms with Gasteiger partial charge in [0, 0.05) is 24.9 Å². The SMILES string of the molecule is CCOC(C)CNc1cc(C)nc2ncnn12. The molecule has 2 heterocycles. The van der Waals surface area contributed by atoms with Crippen molar-refractivity contribution in [2.75, 3.05) is 18.5 Å². The van der Waals surface area contributed by atoms with E-state index in [-0.39, 0.29) is 6.10 Å². The monoisotopic (exact) mass is 235 g/mol. The van der Waals surface area contributed by atoms with Crippen LogP contribution in [0.1, 0.15) is 19.5 Å². The maximum absolute atomic E-state index is 5.46. The van der Waals surface area contributed by atoms with Gasteiger partial charge in [-0.2, -0.15) is 14.6 Å². The van der Waals surface area contributed by atoms with Crippen molar-refractivity contribution < 1.29 is 4.74 Å². The Kier molecular flexibility index (Phi) is 3.53. The molecule has 92 valence electrons. The predicted molar refractivity (Wildman–Crippen MR) is 65.1 cm³/mol.